The van der Waals surface area contributed by atoms with E-state index in [9.17, 15) is 9.59 Å². The van der Waals surface area contributed by atoms with E-state index in [0.717, 1.165) is 5.75 Å². The Morgan fingerprint density at radius 1 is 1.28 bits per heavy atom. The molecule has 0 radical (unpaired) electrons. The Kier molecular flexibility index (Phi) is 5.24. The van der Waals surface area contributed by atoms with Gasteiger partial charge in [-0.25, -0.2) is 0 Å². The molecule has 130 valence electrons. The van der Waals surface area contributed by atoms with Crippen LogP contribution >= 0.6 is 11.6 Å². The van der Waals surface area contributed by atoms with Crippen LogP contribution in [0.2, 0.25) is 5.02 Å². The van der Waals surface area contributed by atoms with Crippen LogP contribution < -0.4 is 14.8 Å². The second-order valence-electron chi connectivity index (χ2n) is 5.74. The zero-order valence-electron chi connectivity index (χ0n) is 13.8. The summed E-state index contributed by atoms with van der Waals surface area (Å²) >= 11 is 6.24. The number of esters is 1. The molecule has 0 fully saturated rings. The molecule has 1 N–H and O–H groups in total. The van der Waals surface area contributed by atoms with Crippen molar-refractivity contribution < 1.29 is 19.1 Å². The van der Waals surface area contributed by atoms with E-state index in [1.165, 1.54) is 0 Å². The standard InChI is InChI=1S/C19H18ClNO4/c1-2-24-14-8-6-13(7-9-14)21-17(22)10-12-11-18(23)25-16-5-3-4-15(20)19(12)16/h3-9,12H,2,10-11H2,1H3,(H,21,22). The van der Waals surface area contributed by atoms with Crippen molar-refractivity contribution in [1.82, 2.24) is 0 Å². The summed E-state index contributed by atoms with van der Waals surface area (Å²) in [6.07, 6.45) is 0.284. The number of nitrogens with one attached hydrogen (secondary N) is 1. The lowest BCUT2D eigenvalue weighted by atomic mass is 9.89. The van der Waals surface area contributed by atoms with Gasteiger partial charge in [0.1, 0.15) is 11.5 Å². The Balaban J connectivity index is 1.70. The Bertz CT molecular complexity index is 789. The first-order valence-corrected chi connectivity index (χ1v) is 8.46. The van der Waals surface area contributed by atoms with Gasteiger partial charge in [-0.15, -0.1) is 0 Å². The fraction of sp³-hybridized carbons (Fsp3) is 0.263. The number of carbonyl (C=O) groups excluding carboxylic acids is 2. The fourth-order valence-electron chi connectivity index (χ4n) is 2.88. The highest BCUT2D eigenvalue weighted by atomic mass is 35.5. The molecule has 1 heterocycles. The van der Waals surface area contributed by atoms with Gasteiger partial charge in [-0.1, -0.05) is 17.7 Å². The SMILES string of the molecule is CCOc1ccc(NC(=O)CC2CC(=O)Oc3cccc(Cl)c32)cc1. The minimum absolute atomic E-state index is 0.132. The van der Waals surface area contributed by atoms with Crippen molar-refractivity contribution >= 4 is 29.2 Å². The van der Waals surface area contributed by atoms with Crippen LogP contribution in [0.4, 0.5) is 5.69 Å². The molecule has 0 saturated carbocycles. The highest BCUT2D eigenvalue weighted by Gasteiger charge is 2.30. The first-order chi connectivity index (χ1) is 12.1. The maximum Gasteiger partial charge on any atom is 0.311 e. The fourth-order valence-corrected chi connectivity index (χ4v) is 3.20. The van der Waals surface area contributed by atoms with Crippen molar-refractivity contribution in [3.63, 3.8) is 0 Å². The van der Waals surface area contributed by atoms with Gasteiger partial charge in [-0.05, 0) is 43.3 Å². The summed E-state index contributed by atoms with van der Waals surface area (Å²) in [5, 5.41) is 3.34. The Labute approximate surface area is 150 Å². The summed E-state index contributed by atoms with van der Waals surface area (Å²) < 4.78 is 10.6. The van der Waals surface area contributed by atoms with Crippen LogP contribution in [0.25, 0.3) is 0 Å². The summed E-state index contributed by atoms with van der Waals surface area (Å²) in [5.41, 5.74) is 1.39. The van der Waals surface area contributed by atoms with Crippen LogP contribution in [-0.2, 0) is 9.59 Å². The van der Waals surface area contributed by atoms with Gasteiger partial charge in [0, 0.05) is 28.6 Å². The molecule has 1 atom stereocenters. The number of amides is 1. The van der Waals surface area contributed by atoms with Crippen LogP contribution in [0, 0.1) is 0 Å². The third kappa shape index (κ3) is 4.12. The topological polar surface area (TPSA) is 64.6 Å². The van der Waals surface area contributed by atoms with Gasteiger partial charge < -0.3 is 14.8 Å². The summed E-state index contributed by atoms with van der Waals surface area (Å²) in [6, 6.07) is 12.3. The van der Waals surface area contributed by atoms with E-state index < -0.39 is 0 Å². The molecule has 1 aliphatic rings. The lowest BCUT2D eigenvalue weighted by molar-refractivity contribution is -0.136. The minimum Gasteiger partial charge on any atom is -0.494 e. The average Bonchev–Trinajstić information content (AvgIpc) is 2.56. The second kappa shape index (κ2) is 7.57. The van der Waals surface area contributed by atoms with Crippen molar-refractivity contribution in [2.24, 2.45) is 0 Å². The van der Waals surface area contributed by atoms with Crippen molar-refractivity contribution in [2.45, 2.75) is 25.7 Å². The molecule has 0 bridgehead atoms. The number of carbonyl (C=O) groups is 2. The van der Waals surface area contributed by atoms with Crippen LogP contribution in [0.5, 0.6) is 11.5 Å². The molecular formula is C19H18ClNO4. The maximum atomic E-state index is 12.4. The number of ether oxygens (including phenoxy) is 2. The van der Waals surface area contributed by atoms with Gasteiger partial charge in [-0.3, -0.25) is 9.59 Å². The highest BCUT2D eigenvalue weighted by Crippen LogP contribution is 2.40. The van der Waals surface area contributed by atoms with Gasteiger partial charge in [-0.2, -0.15) is 0 Å². The van der Waals surface area contributed by atoms with Crippen molar-refractivity contribution in [1.29, 1.82) is 0 Å². The molecule has 2 aromatic carbocycles. The third-order valence-corrected chi connectivity index (χ3v) is 4.27. The maximum absolute atomic E-state index is 12.4. The van der Waals surface area contributed by atoms with Crippen LogP contribution in [0.3, 0.4) is 0 Å². The van der Waals surface area contributed by atoms with Crippen LogP contribution in [0.15, 0.2) is 42.5 Å². The van der Waals surface area contributed by atoms with Crippen LogP contribution in [0.1, 0.15) is 31.2 Å². The summed E-state index contributed by atoms with van der Waals surface area (Å²) in [7, 11) is 0. The number of benzene rings is 2. The number of fused-ring (bicyclic) bond motifs is 1. The van der Waals surface area contributed by atoms with E-state index in [4.69, 9.17) is 21.1 Å². The van der Waals surface area contributed by atoms with E-state index in [1.54, 1.807) is 42.5 Å². The Morgan fingerprint density at radius 3 is 2.76 bits per heavy atom. The van der Waals surface area contributed by atoms with Crippen LogP contribution in [-0.4, -0.2) is 18.5 Å². The van der Waals surface area contributed by atoms with Crippen molar-refractivity contribution in [3.05, 3.63) is 53.1 Å². The number of anilines is 1. The molecule has 1 unspecified atom stereocenters. The molecule has 5 nitrogen and oxygen atoms in total. The van der Waals surface area contributed by atoms with Gasteiger partial charge in [0.15, 0.2) is 0 Å². The number of hydrogen-bond acceptors (Lipinski definition) is 4. The van der Waals surface area contributed by atoms with Gasteiger partial charge in [0.2, 0.25) is 5.91 Å². The third-order valence-electron chi connectivity index (χ3n) is 3.94. The van der Waals surface area contributed by atoms with E-state index in [-0.39, 0.29) is 30.6 Å². The predicted molar refractivity (Wildman–Crippen MR) is 95.3 cm³/mol. The van der Waals surface area contributed by atoms with E-state index in [1.807, 2.05) is 6.92 Å². The molecule has 0 aliphatic carbocycles. The molecule has 3 rings (SSSR count). The largest absolute Gasteiger partial charge is 0.494 e. The Morgan fingerprint density at radius 2 is 2.04 bits per heavy atom. The van der Waals surface area contributed by atoms with Crippen molar-refractivity contribution in [3.8, 4) is 11.5 Å². The lowest BCUT2D eigenvalue weighted by Crippen LogP contribution is -2.24. The molecule has 0 spiro atoms. The van der Waals surface area contributed by atoms with Gasteiger partial charge >= 0.3 is 5.97 Å². The molecule has 1 amide bonds. The molecule has 2 aromatic rings. The average molecular weight is 360 g/mol. The van der Waals surface area contributed by atoms with E-state index >= 15 is 0 Å². The van der Waals surface area contributed by atoms with E-state index in [2.05, 4.69) is 5.32 Å². The second-order valence-corrected chi connectivity index (χ2v) is 6.14. The lowest BCUT2D eigenvalue weighted by Gasteiger charge is -2.25. The number of hydrogen-bond donors (Lipinski definition) is 1. The molecule has 0 saturated heterocycles. The summed E-state index contributed by atoms with van der Waals surface area (Å²) in [6.45, 7) is 2.50. The first kappa shape index (κ1) is 17.3. The van der Waals surface area contributed by atoms with E-state index in [0.29, 0.717) is 28.6 Å². The highest BCUT2D eigenvalue weighted by molar-refractivity contribution is 6.31. The summed E-state index contributed by atoms with van der Waals surface area (Å²) in [5.74, 6) is 0.342. The number of halogens is 1. The Hall–Kier alpha value is -2.53. The zero-order valence-corrected chi connectivity index (χ0v) is 14.5. The molecule has 25 heavy (non-hydrogen) atoms. The van der Waals surface area contributed by atoms with Crippen molar-refractivity contribution in [2.75, 3.05) is 11.9 Å². The predicted octanol–water partition coefficient (Wildman–Crippen LogP) is 4.16. The monoisotopic (exact) mass is 359 g/mol. The quantitative estimate of drug-likeness (QED) is 0.643. The first-order valence-electron chi connectivity index (χ1n) is 8.08. The normalized spacial score (nSPS) is 15.9. The minimum atomic E-state index is -0.353. The van der Waals surface area contributed by atoms with Gasteiger partial charge in [0.05, 0.1) is 13.0 Å². The molecule has 1 aliphatic heterocycles. The molecular weight excluding hydrogens is 342 g/mol. The van der Waals surface area contributed by atoms with Gasteiger partial charge in [0.25, 0.3) is 0 Å². The zero-order chi connectivity index (χ0) is 17.8. The summed E-state index contributed by atoms with van der Waals surface area (Å²) in [4.78, 5) is 24.2. The smallest absolute Gasteiger partial charge is 0.311 e. The molecule has 0 aromatic heterocycles. The molecule has 6 heteroatoms. The number of rotatable bonds is 5.